The number of fused-ring (bicyclic) bond motifs is 4. The summed E-state index contributed by atoms with van der Waals surface area (Å²) in [7, 11) is 0. The third-order valence-electron chi connectivity index (χ3n) is 8.45. The van der Waals surface area contributed by atoms with Gasteiger partial charge in [0.05, 0.1) is 0 Å². The molecule has 0 amide bonds. The minimum atomic E-state index is 0.634. The predicted octanol–water partition coefficient (Wildman–Crippen LogP) is 5.28. The summed E-state index contributed by atoms with van der Waals surface area (Å²) in [5.41, 5.74) is 1.31. The Balaban J connectivity index is 1.51. The molecule has 0 saturated heterocycles. The zero-order valence-electron chi connectivity index (χ0n) is 12.5. The van der Waals surface area contributed by atoms with Crippen molar-refractivity contribution in [2.75, 3.05) is 0 Å². The van der Waals surface area contributed by atoms with E-state index in [2.05, 4.69) is 20.8 Å². The van der Waals surface area contributed by atoms with E-state index in [-0.39, 0.29) is 0 Å². The highest BCUT2D eigenvalue weighted by molar-refractivity contribution is 5.10. The van der Waals surface area contributed by atoms with Crippen LogP contribution in [0.2, 0.25) is 0 Å². The Morgan fingerprint density at radius 1 is 0.944 bits per heavy atom. The van der Waals surface area contributed by atoms with Crippen molar-refractivity contribution in [3.05, 3.63) is 0 Å². The van der Waals surface area contributed by atoms with Gasteiger partial charge in [0.1, 0.15) is 0 Å². The van der Waals surface area contributed by atoms with Crippen LogP contribution in [0.1, 0.15) is 72.1 Å². The Bertz CT molecular complexity index is 355. The molecule has 0 nitrogen and oxygen atoms in total. The van der Waals surface area contributed by atoms with E-state index in [1.807, 2.05) is 0 Å². The molecule has 0 radical (unpaired) electrons. The van der Waals surface area contributed by atoms with Crippen molar-refractivity contribution >= 4 is 0 Å². The summed E-state index contributed by atoms with van der Waals surface area (Å²) in [6.45, 7) is 7.79. The first-order chi connectivity index (χ1) is 8.50. The lowest BCUT2D eigenvalue weighted by molar-refractivity contribution is 0.0797. The van der Waals surface area contributed by atoms with E-state index in [4.69, 9.17) is 0 Å². The lowest BCUT2D eigenvalue weighted by Crippen LogP contribution is -2.33. The van der Waals surface area contributed by atoms with E-state index in [1.165, 1.54) is 12.8 Å². The van der Waals surface area contributed by atoms with Crippen LogP contribution in [0, 0.1) is 40.4 Å². The summed E-state index contributed by atoms with van der Waals surface area (Å²) in [6.07, 6.45) is 12.5. The Labute approximate surface area is 113 Å². The zero-order valence-corrected chi connectivity index (χ0v) is 12.5. The first-order valence-corrected chi connectivity index (χ1v) is 8.50. The molecule has 0 aliphatic heterocycles. The largest absolute Gasteiger partial charge is 0.0591 e. The summed E-state index contributed by atoms with van der Waals surface area (Å²) >= 11 is 0. The van der Waals surface area contributed by atoms with Crippen LogP contribution >= 0.6 is 0 Å². The molecule has 102 valence electrons. The number of hydrogen-bond acceptors (Lipinski definition) is 0. The molecule has 4 saturated carbocycles. The zero-order chi connectivity index (χ0) is 12.5. The Morgan fingerprint density at radius 2 is 1.78 bits per heavy atom. The second kappa shape index (κ2) is 3.55. The Morgan fingerprint density at radius 3 is 2.28 bits per heavy atom. The molecule has 4 fully saturated rings. The lowest BCUT2D eigenvalue weighted by Gasteiger charge is -2.41. The van der Waals surface area contributed by atoms with E-state index in [0.717, 1.165) is 29.6 Å². The minimum absolute atomic E-state index is 0.634. The molecule has 6 atom stereocenters. The van der Waals surface area contributed by atoms with Gasteiger partial charge in [0, 0.05) is 0 Å². The summed E-state index contributed by atoms with van der Waals surface area (Å²) in [5, 5.41) is 0. The fourth-order valence-electron chi connectivity index (χ4n) is 6.76. The molecule has 4 rings (SSSR count). The topological polar surface area (TPSA) is 0 Å². The van der Waals surface area contributed by atoms with Crippen molar-refractivity contribution < 1.29 is 0 Å². The van der Waals surface area contributed by atoms with Crippen molar-refractivity contribution in [2.24, 2.45) is 40.4 Å². The molecular weight excluding hydrogens is 216 g/mol. The van der Waals surface area contributed by atoms with Gasteiger partial charge in [-0.15, -0.1) is 0 Å². The molecule has 4 aliphatic rings. The van der Waals surface area contributed by atoms with E-state index in [1.54, 1.807) is 38.5 Å². The molecular formula is C18H30. The average molecular weight is 246 g/mol. The van der Waals surface area contributed by atoms with Crippen molar-refractivity contribution in [3.8, 4) is 0 Å². The molecule has 0 heteroatoms. The molecule has 18 heavy (non-hydrogen) atoms. The molecule has 4 aliphatic carbocycles. The van der Waals surface area contributed by atoms with Gasteiger partial charge >= 0.3 is 0 Å². The predicted molar refractivity (Wildman–Crippen MR) is 76.3 cm³/mol. The van der Waals surface area contributed by atoms with Gasteiger partial charge in [0.25, 0.3) is 0 Å². The Hall–Kier alpha value is 0. The van der Waals surface area contributed by atoms with Crippen LogP contribution in [0.25, 0.3) is 0 Å². The maximum absolute atomic E-state index is 2.64. The molecule has 6 unspecified atom stereocenters. The summed E-state index contributed by atoms with van der Waals surface area (Å²) in [5.74, 6) is 5.52. The van der Waals surface area contributed by atoms with Gasteiger partial charge in [-0.05, 0) is 85.4 Å². The van der Waals surface area contributed by atoms with E-state index in [0.29, 0.717) is 10.8 Å². The van der Waals surface area contributed by atoms with E-state index >= 15 is 0 Å². The van der Waals surface area contributed by atoms with Crippen molar-refractivity contribution in [1.29, 1.82) is 0 Å². The van der Waals surface area contributed by atoms with Crippen LogP contribution in [0.15, 0.2) is 0 Å². The van der Waals surface area contributed by atoms with Gasteiger partial charge in [-0.2, -0.15) is 0 Å². The standard InChI is InChI=1S/C18H30/c1-17(2)15-6-7-18(17,3)16(11-15)10-14-9-12-4-5-13(14)8-12/h12-16H,4-11H2,1-3H3. The van der Waals surface area contributed by atoms with Gasteiger partial charge in [-0.1, -0.05) is 27.2 Å². The third kappa shape index (κ3) is 1.33. The molecule has 4 bridgehead atoms. The Kier molecular flexibility index (Phi) is 2.33. The molecule has 0 aromatic rings. The molecule has 0 aromatic heterocycles. The van der Waals surface area contributed by atoms with Crippen LogP contribution in [0.4, 0.5) is 0 Å². The highest BCUT2D eigenvalue weighted by Crippen LogP contribution is 2.70. The SMILES string of the molecule is CC1(C)C2CCC1(C)C(CC1CC3CCC1C3)C2. The van der Waals surface area contributed by atoms with Gasteiger partial charge in [0.15, 0.2) is 0 Å². The second-order valence-corrected chi connectivity index (χ2v) is 8.98. The number of rotatable bonds is 2. The van der Waals surface area contributed by atoms with Crippen LogP contribution in [0.5, 0.6) is 0 Å². The van der Waals surface area contributed by atoms with Crippen LogP contribution in [-0.2, 0) is 0 Å². The molecule has 0 aromatic carbocycles. The fourth-order valence-corrected chi connectivity index (χ4v) is 6.76. The monoisotopic (exact) mass is 246 g/mol. The quantitative estimate of drug-likeness (QED) is 0.622. The maximum Gasteiger partial charge on any atom is -0.0243 e. The van der Waals surface area contributed by atoms with E-state index < -0.39 is 0 Å². The second-order valence-electron chi connectivity index (χ2n) is 8.98. The fraction of sp³-hybridized carbons (Fsp3) is 1.00. The van der Waals surface area contributed by atoms with Crippen LogP contribution in [0.3, 0.4) is 0 Å². The lowest BCUT2D eigenvalue weighted by atomic mass is 9.64. The van der Waals surface area contributed by atoms with Crippen LogP contribution in [-0.4, -0.2) is 0 Å². The first-order valence-electron chi connectivity index (χ1n) is 8.50. The first kappa shape index (κ1) is 11.8. The number of hydrogen-bond donors (Lipinski definition) is 0. The van der Waals surface area contributed by atoms with Gasteiger partial charge in [0.2, 0.25) is 0 Å². The maximum atomic E-state index is 2.64. The smallest absolute Gasteiger partial charge is 0.0243 e. The molecule has 0 heterocycles. The van der Waals surface area contributed by atoms with Gasteiger partial charge in [-0.3, -0.25) is 0 Å². The molecule has 0 N–H and O–H groups in total. The van der Waals surface area contributed by atoms with Crippen molar-refractivity contribution in [1.82, 2.24) is 0 Å². The average Bonchev–Trinajstić information content (AvgIpc) is 3.01. The summed E-state index contributed by atoms with van der Waals surface area (Å²) in [4.78, 5) is 0. The molecule has 0 spiro atoms. The summed E-state index contributed by atoms with van der Waals surface area (Å²) < 4.78 is 0. The van der Waals surface area contributed by atoms with Gasteiger partial charge < -0.3 is 0 Å². The summed E-state index contributed by atoms with van der Waals surface area (Å²) in [6, 6.07) is 0. The minimum Gasteiger partial charge on any atom is -0.0591 e. The normalized spacial score (nSPS) is 56.5. The van der Waals surface area contributed by atoms with Crippen molar-refractivity contribution in [3.63, 3.8) is 0 Å². The van der Waals surface area contributed by atoms with E-state index in [9.17, 15) is 0 Å². The van der Waals surface area contributed by atoms with Crippen LogP contribution < -0.4 is 0 Å². The highest BCUT2D eigenvalue weighted by atomic mass is 14.7. The third-order valence-corrected chi connectivity index (χ3v) is 8.45. The van der Waals surface area contributed by atoms with Gasteiger partial charge in [-0.25, -0.2) is 0 Å². The highest BCUT2D eigenvalue weighted by Gasteiger charge is 2.61. The van der Waals surface area contributed by atoms with Crippen molar-refractivity contribution in [2.45, 2.75) is 72.1 Å².